The Kier molecular flexibility index (Phi) is 5.49. The molecule has 0 aliphatic rings. The molecule has 2 N–H and O–H groups in total. The Labute approximate surface area is 156 Å². The molecule has 8 nitrogen and oxygen atoms in total. The normalized spacial score (nSPS) is 11.2. The lowest BCUT2D eigenvalue weighted by Gasteiger charge is -2.07. The molecule has 0 radical (unpaired) electrons. The molecular formula is C18H17N5O3S. The fourth-order valence-corrected chi connectivity index (χ4v) is 3.39. The topological polar surface area (TPSA) is 105 Å². The highest BCUT2D eigenvalue weighted by Gasteiger charge is 2.14. The van der Waals surface area contributed by atoms with Crippen LogP contribution in [0.1, 0.15) is 16.2 Å². The Hall–Kier alpha value is -3.22. The first-order valence-corrected chi connectivity index (χ1v) is 9.59. The van der Waals surface area contributed by atoms with Crippen LogP contribution in [-0.4, -0.2) is 42.0 Å². The molecule has 0 spiro atoms. The van der Waals surface area contributed by atoms with Crippen LogP contribution >= 0.6 is 0 Å². The molecule has 3 aromatic rings. The predicted octanol–water partition coefficient (Wildman–Crippen LogP) is 0.613. The van der Waals surface area contributed by atoms with Crippen molar-refractivity contribution in [3.8, 4) is 12.3 Å². The molecule has 2 aromatic heterocycles. The summed E-state index contributed by atoms with van der Waals surface area (Å²) in [6.07, 6.45) is 7.42. The van der Waals surface area contributed by atoms with Crippen molar-refractivity contribution in [3.05, 3.63) is 60.0 Å². The molecule has 0 atom stereocenters. The van der Waals surface area contributed by atoms with Gasteiger partial charge in [0.15, 0.2) is 5.65 Å². The maximum Gasteiger partial charge on any atom is 0.251 e. The van der Waals surface area contributed by atoms with Gasteiger partial charge in [-0.15, -0.1) is 16.6 Å². The minimum absolute atomic E-state index is 0.0456. The Morgan fingerprint density at radius 2 is 1.93 bits per heavy atom. The molecule has 0 aliphatic carbocycles. The fourth-order valence-electron chi connectivity index (χ4n) is 2.46. The molecule has 0 aliphatic heterocycles. The number of fused-ring (bicyclic) bond motifs is 1. The number of carbonyl (C=O) groups excluding carboxylic acids is 1. The van der Waals surface area contributed by atoms with E-state index >= 15 is 0 Å². The number of rotatable bonds is 7. The average Bonchev–Trinajstić information content (AvgIpc) is 3.10. The van der Waals surface area contributed by atoms with E-state index in [-0.39, 0.29) is 17.3 Å². The second-order valence-electron chi connectivity index (χ2n) is 5.60. The maximum atomic E-state index is 12.2. The number of nitrogens with one attached hydrogen (secondary N) is 2. The molecular weight excluding hydrogens is 366 g/mol. The zero-order chi connectivity index (χ0) is 19.3. The third kappa shape index (κ3) is 4.31. The first-order valence-electron chi connectivity index (χ1n) is 8.11. The number of hydrogen-bond acceptors (Lipinski definition) is 5. The molecule has 2 heterocycles. The molecule has 27 heavy (non-hydrogen) atoms. The monoisotopic (exact) mass is 383 g/mol. The average molecular weight is 383 g/mol. The summed E-state index contributed by atoms with van der Waals surface area (Å²) >= 11 is 0. The van der Waals surface area contributed by atoms with Crippen molar-refractivity contribution in [2.75, 3.05) is 13.1 Å². The van der Waals surface area contributed by atoms with E-state index < -0.39 is 10.0 Å². The first kappa shape index (κ1) is 18.6. The summed E-state index contributed by atoms with van der Waals surface area (Å²) in [4.78, 5) is 12.3. The maximum absolute atomic E-state index is 12.2. The van der Waals surface area contributed by atoms with E-state index in [4.69, 9.17) is 6.42 Å². The van der Waals surface area contributed by atoms with Gasteiger partial charge in [-0.25, -0.2) is 8.42 Å². The third-order valence-electron chi connectivity index (χ3n) is 3.81. The summed E-state index contributed by atoms with van der Waals surface area (Å²) in [5, 5.41) is 10.9. The zero-order valence-electron chi connectivity index (χ0n) is 14.3. The van der Waals surface area contributed by atoms with Crippen molar-refractivity contribution in [3.63, 3.8) is 0 Å². The molecule has 0 saturated carbocycles. The largest absolute Gasteiger partial charge is 0.352 e. The van der Waals surface area contributed by atoms with E-state index in [1.165, 1.54) is 24.3 Å². The highest BCUT2D eigenvalue weighted by Crippen LogP contribution is 2.10. The summed E-state index contributed by atoms with van der Waals surface area (Å²) in [6, 6.07) is 11.2. The SMILES string of the molecule is C#CCNS(=O)(=O)c1ccc(C(=O)NCCc2nnc3ccccn23)cc1. The van der Waals surface area contributed by atoms with Gasteiger partial charge in [0.1, 0.15) is 5.82 Å². The van der Waals surface area contributed by atoms with Gasteiger partial charge in [-0.05, 0) is 36.4 Å². The van der Waals surface area contributed by atoms with Crippen LogP contribution in [0.4, 0.5) is 0 Å². The number of nitrogens with zero attached hydrogens (tertiary/aromatic N) is 3. The standard InChI is InChI=1S/C18H17N5O3S/c1-2-11-20-27(25,26)15-8-6-14(7-9-15)18(24)19-12-10-17-22-21-16-5-3-4-13-23(16)17/h1,3-9,13,20H,10-12H2,(H,19,24). The highest BCUT2D eigenvalue weighted by atomic mass is 32.2. The predicted molar refractivity (Wildman–Crippen MR) is 99.5 cm³/mol. The van der Waals surface area contributed by atoms with Crippen molar-refractivity contribution in [2.24, 2.45) is 0 Å². The lowest BCUT2D eigenvalue weighted by molar-refractivity contribution is 0.0954. The van der Waals surface area contributed by atoms with Gasteiger partial charge in [-0.3, -0.25) is 9.20 Å². The van der Waals surface area contributed by atoms with E-state index in [0.29, 0.717) is 18.5 Å². The zero-order valence-corrected chi connectivity index (χ0v) is 15.1. The molecule has 0 saturated heterocycles. The van der Waals surface area contributed by atoms with Crippen LogP contribution in [0.3, 0.4) is 0 Å². The summed E-state index contributed by atoms with van der Waals surface area (Å²) in [7, 11) is -3.67. The Morgan fingerprint density at radius 3 is 2.67 bits per heavy atom. The van der Waals surface area contributed by atoms with Crippen LogP contribution in [0, 0.1) is 12.3 Å². The van der Waals surface area contributed by atoms with E-state index in [0.717, 1.165) is 11.5 Å². The summed E-state index contributed by atoms with van der Waals surface area (Å²) < 4.78 is 28.0. The van der Waals surface area contributed by atoms with Crippen molar-refractivity contribution in [1.82, 2.24) is 24.6 Å². The summed E-state index contributed by atoms with van der Waals surface area (Å²) in [5.74, 6) is 2.64. The molecule has 1 aromatic carbocycles. The van der Waals surface area contributed by atoms with Crippen LogP contribution in [-0.2, 0) is 16.4 Å². The van der Waals surface area contributed by atoms with Crippen LogP contribution in [0.5, 0.6) is 0 Å². The Bertz CT molecular complexity index is 1100. The lowest BCUT2D eigenvalue weighted by atomic mass is 10.2. The van der Waals surface area contributed by atoms with Gasteiger partial charge in [0.25, 0.3) is 5.91 Å². The van der Waals surface area contributed by atoms with E-state index in [1.54, 1.807) is 0 Å². The van der Waals surface area contributed by atoms with Gasteiger partial charge in [-0.1, -0.05) is 12.0 Å². The van der Waals surface area contributed by atoms with Gasteiger partial charge < -0.3 is 5.32 Å². The molecule has 3 rings (SSSR count). The third-order valence-corrected chi connectivity index (χ3v) is 5.23. The smallest absolute Gasteiger partial charge is 0.251 e. The summed E-state index contributed by atoms with van der Waals surface area (Å²) in [6.45, 7) is 0.278. The van der Waals surface area contributed by atoms with Crippen molar-refractivity contribution < 1.29 is 13.2 Å². The first-order chi connectivity index (χ1) is 13.0. The fraction of sp³-hybridized carbons (Fsp3) is 0.167. The number of sulfonamides is 1. The second kappa shape index (κ2) is 7.99. The van der Waals surface area contributed by atoms with Crippen LogP contribution in [0.2, 0.25) is 0 Å². The second-order valence-corrected chi connectivity index (χ2v) is 7.37. The number of benzene rings is 1. The minimum Gasteiger partial charge on any atom is -0.352 e. The number of terminal acetylenes is 1. The molecule has 0 fully saturated rings. The van der Waals surface area contributed by atoms with Crippen molar-refractivity contribution in [2.45, 2.75) is 11.3 Å². The van der Waals surface area contributed by atoms with Gasteiger partial charge in [-0.2, -0.15) is 4.72 Å². The summed E-state index contributed by atoms with van der Waals surface area (Å²) in [5.41, 5.74) is 1.10. The highest BCUT2D eigenvalue weighted by molar-refractivity contribution is 7.89. The van der Waals surface area contributed by atoms with E-state index in [9.17, 15) is 13.2 Å². The van der Waals surface area contributed by atoms with Crippen molar-refractivity contribution in [1.29, 1.82) is 0 Å². The van der Waals surface area contributed by atoms with Crippen LogP contribution in [0.25, 0.3) is 5.65 Å². The molecule has 1 amide bonds. The van der Waals surface area contributed by atoms with E-state index in [1.807, 2.05) is 28.8 Å². The molecule has 0 bridgehead atoms. The van der Waals surface area contributed by atoms with Crippen LogP contribution < -0.4 is 10.0 Å². The number of carbonyl (C=O) groups is 1. The van der Waals surface area contributed by atoms with Gasteiger partial charge >= 0.3 is 0 Å². The molecule has 9 heteroatoms. The van der Waals surface area contributed by atoms with E-state index in [2.05, 4.69) is 26.2 Å². The number of amides is 1. The van der Waals surface area contributed by atoms with Crippen molar-refractivity contribution >= 4 is 21.6 Å². The number of aromatic nitrogens is 3. The molecule has 138 valence electrons. The molecule has 0 unspecified atom stereocenters. The number of pyridine rings is 1. The minimum atomic E-state index is -3.67. The quantitative estimate of drug-likeness (QED) is 0.582. The van der Waals surface area contributed by atoms with Crippen LogP contribution in [0.15, 0.2) is 53.6 Å². The van der Waals surface area contributed by atoms with Gasteiger partial charge in [0.05, 0.1) is 11.4 Å². The Morgan fingerprint density at radius 1 is 1.15 bits per heavy atom. The van der Waals surface area contributed by atoms with Gasteiger partial charge in [0.2, 0.25) is 10.0 Å². The number of hydrogen-bond donors (Lipinski definition) is 2. The Balaban J connectivity index is 1.59. The van der Waals surface area contributed by atoms with Gasteiger partial charge in [0, 0.05) is 24.7 Å². The lowest BCUT2D eigenvalue weighted by Crippen LogP contribution is -2.26.